The van der Waals surface area contributed by atoms with Crippen LogP contribution in [0.4, 0.5) is 0 Å². The van der Waals surface area contributed by atoms with E-state index in [-0.39, 0.29) is 5.97 Å². The van der Waals surface area contributed by atoms with Crippen molar-refractivity contribution in [2.75, 3.05) is 0 Å². The molecular formula is C29H36N2O2. The van der Waals surface area contributed by atoms with Gasteiger partial charge in [-0.3, -0.25) is 4.79 Å². The van der Waals surface area contributed by atoms with Crippen molar-refractivity contribution in [3.05, 3.63) is 66.5 Å². The normalized spacial score (nSPS) is 10.8. The van der Waals surface area contributed by atoms with E-state index in [1.54, 1.807) is 12.1 Å². The summed E-state index contributed by atoms with van der Waals surface area (Å²) < 4.78 is 5.45. The summed E-state index contributed by atoms with van der Waals surface area (Å²) in [7, 11) is 0. The summed E-state index contributed by atoms with van der Waals surface area (Å²) in [6, 6.07) is 16.1. The third-order valence-corrected chi connectivity index (χ3v) is 5.84. The first kappa shape index (κ1) is 24.6. The lowest BCUT2D eigenvalue weighted by molar-refractivity contribution is -0.134. The third-order valence-electron chi connectivity index (χ3n) is 5.84. The second-order valence-electron chi connectivity index (χ2n) is 8.61. The molecular weight excluding hydrogens is 408 g/mol. The molecule has 1 aromatic heterocycles. The Labute approximate surface area is 198 Å². The summed E-state index contributed by atoms with van der Waals surface area (Å²) in [5, 5.41) is 0. The molecule has 0 aliphatic heterocycles. The first-order valence-corrected chi connectivity index (χ1v) is 12.4. The van der Waals surface area contributed by atoms with Crippen molar-refractivity contribution < 1.29 is 9.53 Å². The van der Waals surface area contributed by atoms with Crippen molar-refractivity contribution in [3.8, 4) is 28.3 Å². The van der Waals surface area contributed by atoms with Gasteiger partial charge in [-0.15, -0.1) is 0 Å². The molecule has 0 N–H and O–H groups in total. The molecule has 1 heterocycles. The van der Waals surface area contributed by atoms with Crippen molar-refractivity contribution in [3.63, 3.8) is 0 Å². The van der Waals surface area contributed by atoms with Crippen LogP contribution in [0.1, 0.15) is 77.2 Å². The molecule has 174 valence electrons. The standard InChI is InChI=1S/C29H36N2O2/c1-3-5-7-8-10-12-28(32)33-27-19-17-25(18-20-27)29-30-21-26(22-31-29)24-15-13-23(14-16-24)11-9-6-4-2/h13-22H,3-12H2,1-2H3. The van der Waals surface area contributed by atoms with E-state index < -0.39 is 0 Å². The van der Waals surface area contributed by atoms with E-state index in [0.29, 0.717) is 18.0 Å². The van der Waals surface area contributed by atoms with Gasteiger partial charge in [-0.1, -0.05) is 76.6 Å². The smallest absolute Gasteiger partial charge is 0.311 e. The molecule has 0 radical (unpaired) electrons. The minimum Gasteiger partial charge on any atom is -0.427 e. The van der Waals surface area contributed by atoms with Crippen LogP contribution in [0.15, 0.2) is 60.9 Å². The lowest BCUT2D eigenvalue weighted by Gasteiger charge is -2.07. The van der Waals surface area contributed by atoms with Gasteiger partial charge in [0.05, 0.1) is 0 Å². The van der Waals surface area contributed by atoms with Gasteiger partial charge in [0, 0.05) is 29.9 Å². The Morgan fingerprint density at radius 1 is 0.697 bits per heavy atom. The Morgan fingerprint density at radius 2 is 1.30 bits per heavy atom. The molecule has 0 atom stereocenters. The Bertz CT molecular complexity index is 964. The lowest BCUT2D eigenvalue weighted by atomic mass is 10.0. The molecule has 0 amide bonds. The van der Waals surface area contributed by atoms with E-state index in [9.17, 15) is 4.79 Å². The summed E-state index contributed by atoms with van der Waals surface area (Å²) >= 11 is 0. The number of carbonyl (C=O) groups is 1. The van der Waals surface area contributed by atoms with Crippen LogP contribution in [-0.2, 0) is 11.2 Å². The fraction of sp³-hybridized carbons (Fsp3) is 0.414. The average Bonchev–Trinajstić information content (AvgIpc) is 2.85. The van der Waals surface area contributed by atoms with Crippen molar-refractivity contribution >= 4 is 5.97 Å². The maximum Gasteiger partial charge on any atom is 0.311 e. The molecule has 33 heavy (non-hydrogen) atoms. The number of unbranched alkanes of at least 4 members (excludes halogenated alkanes) is 6. The highest BCUT2D eigenvalue weighted by Gasteiger charge is 2.07. The molecule has 0 aliphatic rings. The fourth-order valence-corrected chi connectivity index (χ4v) is 3.80. The molecule has 0 bridgehead atoms. The zero-order valence-electron chi connectivity index (χ0n) is 20.1. The number of hydrogen-bond acceptors (Lipinski definition) is 4. The van der Waals surface area contributed by atoms with Gasteiger partial charge in [-0.05, 0) is 54.7 Å². The number of rotatable bonds is 13. The number of aromatic nitrogens is 2. The molecule has 4 nitrogen and oxygen atoms in total. The summed E-state index contributed by atoms with van der Waals surface area (Å²) in [6.45, 7) is 4.41. The maximum absolute atomic E-state index is 12.0. The van der Waals surface area contributed by atoms with Gasteiger partial charge in [0.25, 0.3) is 0 Å². The highest BCUT2D eigenvalue weighted by atomic mass is 16.5. The summed E-state index contributed by atoms with van der Waals surface area (Å²) in [4.78, 5) is 21.1. The number of carbonyl (C=O) groups excluding carboxylic acids is 1. The van der Waals surface area contributed by atoms with Crippen molar-refractivity contribution in [1.29, 1.82) is 0 Å². The zero-order chi connectivity index (χ0) is 23.3. The predicted molar refractivity (Wildman–Crippen MR) is 135 cm³/mol. The van der Waals surface area contributed by atoms with Gasteiger partial charge in [0.1, 0.15) is 5.75 Å². The van der Waals surface area contributed by atoms with Gasteiger partial charge in [-0.25, -0.2) is 9.97 Å². The van der Waals surface area contributed by atoms with E-state index in [4.69, 9.17) is 4.74 Å². The van der Waals surface area contributed by atoms with E-state index in [1.165, 1.54) is 44.1 Å². The van der Waals surface area contributed by atoms with E-state index in [0.717, 1.165) is 36.0 Å². The van der Waals surface area contributed by atoms with Crippen molar-refractivity contribution in [1.82, 2.24) is 9.97 Å². The number of esters is 1. The quantitative estimate of drug-likeness (QED) is 0.153. The second kappa shape index (κ2) is 13.5. The molecule has 0 unspecified atom stereocenters. The highest BCUT2D eigenvalue weighted by Crippen LogP contribution is 2.23. The van der Waals surface area contributed by atoms with Gasteiger partial charge in [0.15, 0.2) is 5.82 Å². The first-order chi connectivity index (χ1) is 16.2. The first-order valence-electron chi connectivity index (χ1n) is 12.4. The average molecular weight is 445 g/mol. The van der Waals surface area contributed by atoms with Crippen LogP contribution in [0.2, 0.25) is 0 Å². The van der Waals surface area contributed by atoms with Crippen molar-refractivity contribution in [2.24, 2.45) is 0 Å². The minimum absolute atomic E-state index is 0.170. The monoisotopic (exact) mass is 444 g/mol. The zero-order valence-corrected chi connectivity index (χ0v) is 20.1. The predicted octanol–water partition coefficient (Wildman–Crippen LogP) is 7.81. The van der Waals surface area contributed by atoms with Gasteiger partial charge >= 0.3 is 5.97 Å². The molecule has 0 aliphatic carbocycles. The Morgan fingerprint density at radius 3 is 1.97 bits per heavy atom. The molecule has 0 spiro atoms. The van der Waals surface area contributed by atoms with Crippen LogP contribution >= 0.6 is 0 Å². The lowest BCUT2D eigenvalue weighted by Crippen LogP contribution is -2.07. The van der Waals surface area contributed by atoms with Crippen LogP contribution in [0.5, 0.6) is 5.75 Å². The fourth-order valence-electron chi connectivity index (χ4n) is 3.80. The number of nitrogens with zero attached hydrogens (tertiary/aromatic N) is 2. The highest BCUT2D eigenvalue weighted by molar-refractivity contribution is 5.72. The number of aryl methyl sites for hydroxylation is 1. The minimum atomic E-state index is -0.170. The largest absolute Gasteiger partial charge is 0.427 e. The second-order valence-corrected chi connectivity index (χ2v) is 8.61. The SMILES string of the molecule is CCCCCCCC(=O)Oc1ccc(-c2ncc(-c3ccc(CCCCC)cc3)cn2)cc1. The van der Waals surface area contributed by atoms with Gasteiger partial charge in [-0.2, -0.15) is 0 Å². The summed E-state index contributed by atoms with van der Waals surface area (Å²) in [6.07, 6.45) is 14.7. The summed E-state index contributed by atoms with van der Waals surface area (Å²) in [5.41, 5.74) is 4.40. The molecule has 2 aromatic carbocycles. The molecule has 3 rings (SSSR count). The number of benzene rings is 2. The van der Waals surface area contributed by atoms with Crippen molar-refractivity contribution in [2.45, 2.75) is 78.1 Å². The maximum atomic E-state index is 12.0. The van der Waals surface area contributed by atoms with Crippen LogP contribution < -0.4 is 4.74 Å². The Balaban J connectivity index is 1.52. The Hall–Kier alpha value is -3.01. The van der Waals surface area contributed by atoms with Gasteiger partial charge in [0.2, 0.25) is 0 Å². The third kappa shape index (κ3) is 8.12. The Kier molecular flexibility index (Phi) is 10.1. The molecule has 0 saturated heterocycles. The van der Waals surface area contributed by atoms with Crippen LogP contribution in [-0.4, -0.2) is 15.9 Å². The van der Waals surface area contributed by atoms with Crippen LogP contribution in [0.3, 0.4) is 0 Å². The molecule has 3 aromatic rings. The molecule has 0 fully saturated rings. The topological polar surface area (TPSA) is 52.1 Å². The molecule has 4 heteroatoms. The van der Waals surface area contributed by atoms with Gasteiger partial charge < -0.3 is 4.74 Å². The summed E-state index contributed by atoms with van der Waals surface area (Å²) in [5.74, 6) is 1.05. The van der Waals surface area contributed by atoms with E-state index >= 15 is 0 Å². The van der Waals surface area contributed by atoms with Crippen LogP contribution in [0, 0.1) is 0 Å². The molecule has 0 saturated carbocycles. The van der Waals surface area contributed by atoms with E-state index in [1.807, 2.05) is 24.5 Å². The van der Waals surface area contributed by atoms with E-state index in [2.05, 4.69) is 48.1 Å². The number of ether oxygens (including phenoxy) is 1. The van der Waals surface area contributed by atoms with Crippen LogP contribution in [0.25, 0.3) is 22.5 Å². The number of hydrogen-bond donors (Lipinski definition) is 0.